The summed E-state index contributed by atoms with van der Waals surface area (Å²) in [5.41, 5.74) is 0.967. The second kappa shape index (κ2) is 5.54. The minimum atomic E-state index is -0.221. The lowest BCUT2D eigenvalue weighted by Crippen LogP contribution is -2.14. The van der Waals surface area contributed by atoms with Gasteiger partial charge in [0.2, 0.25) is 0 Å². The highest BCUT2D eigenvalue weighted by molar-refractivity contribution is 5.71. The van der Waals surface area contributed by atoms with Crippen LogP contribution in [0.3, 0.4) is 0 Å². The van der Waals surface area contributed by atoms with Crippen LogP contribution in [0.25, 0.3) is 0 Å². The minimum Gasteiger partial charge on any atom is -0.497 e. The number of hydrogen-bond acceptors (Lipinski definition) is 3. The Morgan fingerprint density at radius 1 is 1.12 bits per heavy atom. The predicted octanol–water partition coefficient (Wildman–Crippen LogP) is 2.96. The Morgan fingerprint density at radius 2 is 1.69 bits per heavy atom. The van der Waals surface area contributed by atoms with Crippen LogP contribution >= 0.6 is 0 Å². The van der Waals surface area contributed by atoms with Gasteiger partial charge in [-0.1, -0.05) is 26.0 Å². The molecule has 0 heterocycles. The molecule has 0 fully saturated rings. The van der Waals surface area contributed by atoms with Crippen LogP contribution in [0.5, 0.6) is 5.75 Å². The first-order valence-corrected chi connectivity index (χ1v) is 5.39. The zero-order valence-corrected chi connectivity index (χ0v) is 10.2. The van der Waals surface area contributed by atoms with E-state index in [2.05, 4.69) is 0 Å². The zero-order valence-electron chi connectivity index (χ0n) is 10.2. The largest absolute Gasteiger partial charge is 0.497 e. The van der Waals surface area contributed by atoms with Crippen molar-refractivity contribution in [2.75, 3.05) is 7.11 Å². The van der Waals surface area contributed by atoms with E-state index in [1.54, 1.807) is 7.11 Å². The van der Waals surface area contributed by atoms with E-state index in [1.165, 1.54) is 0 Å². The first-order valence-electron chi connectivity index (χ1n) is 5.39. The molecule has 1 atom stereocenters. The first-order chi connectivity index (χ1) is 7.54. The molecule has 1 rings (SSSR count). The van der Waals surface area contributed by atoms with Crippen LogP contribution in [-0.2, 0) is 9.53 Å². The van der Waals surface area contributed by atoms with Crippen molar-refractivity contribution in [3.8, 4) is 5.75 Å². The summed E-state index contributed by atoms with van der Waals surface area (Å²) in [6, 6.07) is 7.51. The fourth-order valence-electron chi connectivity index (χ4n) is 1.25. The van der Waals surface area contributed by atoms with E-state index in [1.807, 2.05) is 45.0 Å². The molecule has 0 aliphatic heterocycles. The molecular formula is C13H18O3. The summed E-state index contributed by atoms with van der Waals surface area (Å²) in [5, 5.41) is 0. The number of hydrogen-bond donors (Lipinski definition) is 0. The van der Waals surface area contributed by atoms with Crippen molar-refractivity contribution in [2.24, 2.45) is 5.92 Å². The van der Waals surface area contributed by atoms with E-state index in [-0.39, 0.29) is 18.0 Å². The molecule has 88 valence electrons. The fourth-order valence-corrected chi connectivity index (χ4v) is 1.25. The molecule has 0 N–H and O–H groups in total. The van der Waals surface area contributed by atoms with E-state index >= 15 is 0 Å². The average Bonchev–Trinajstić information content (AvgIpc) is 2.28. The Labute approximate surface area is 96.4 Å². The molecule has 0 aliphatic carbocycles. The van der Waals surface area contributed by atoms with Crippen molar-refractivity contribution in [3.05, 3.63) is 29.8 Å². The highest BCUT2D eigenvalue weighted by Gasteiger charge is 2.14. The molecule has 0 bridgehead atoms. The SMILES string of the molecule is COc1ccc([C@H](C)OC(=O)C(C)C)cc1. The molecule has 0 radical (unpaired) electrons. The summed E-state index contributed by atoms with van der Waals surface area (Å²) in [7, 11) is 1.62. The number of rotatable bonds is 4. The highest BCUT2D eigenvalue weighted by atomic mass is 16.5. The van der Waals surface area contributed by atoms with Gasteiger partial charge in [0.15, 0.2) is 0 Å². The number of methoxy groups -OCH3 is 1. The standard InChI is InChI=1S/C13H18O3/c1-9(2)13(14)16-10(3)11-5-7-12(15-4)8-6-11/h5-10H,1-4H3/t10-/m0/s1. The number of esters is 1. The molecule has 0 amide bonds. The van der Waals surface area contributed by atoms with E-state index in [0.29, 0.717) is 0 Å². The van der Waals surface area contributed by atoms with Gasteiger partial charge in [0.25, 0.3) is 0 Å². The van der Waals surface area contributed by atoms with Gasteiger partial charge < -0.3 is 9.47 Å². The molecule has 16 heavy (non-hydrogen) atoms. The molecule has 0 aromatic heterocycles. The van der Waals surface area contributed by atoms with Crippen molar-refractivity contribution < 1.29 is 14.3 Å². The van der Waals surface area contributed by atoms with Gasteiger partial charge in [-0.15, -0.1) is 0 Å². The van der Waals surface area contributed by atoms with Crippen LogP contribution in [0.15, 0.2) is 24.3 Å². The van der Waals surface area contributed by atoms with Gasteiger partial charge in [0.1, 0.15) is 11.9 Å². The Kier molecular flexibility index (Phi) is 4.35. The first kappa shape index (κ1) is 12.6. The molecule has 0 spiro atoms. The van der Waals surface area contributed by atoms with E-state index in [9.17, 15) is 4.79 Å². The van der Waals surface area contributed by atoms with Gasteiger partial charge in [-0.05, 0) is 24.6 Å². The molecule has 0 unspecified atom stereocenters. The van der Waals surface area contributed by atoms with Crippen LogP contribution in [0.2, 0.25) is 0 Å². The summed E-state index contributed by atoms with van der Waals surface area (Å²) < 4.78 is 10.4. The topological polar surface area (TPSA) is 35.5 Å². The number of benzene rings is 1. The lowest BCUT2D eigenvalue weighted by molar-refractivity contribution is -0.152. The fraction of sp³-hybridized carbons (Fsp3) is 0.462. The Hall–Kier alpha value is -1.51. The molecular weight excluding hydrogens is 204 g/mol. The Bertz CT molecular complexity index is 341. The van der Waals surface area contributed by atoms with Crippen LogP contribution in [0.1, 0.15) is 32.4 Å². The molecule has 1 aromatic rings. The minimum absolute atomic E-state index is 0.0966. The molecule has 1 aromatic carbocycles. The van der Waals surface area contributed by atoms with Crippen molar-refractivity contribution >= 4 is 5.97 Å². The van der Waals surface area contributed by atoms with Crippen LogP contribution in [-0.4, -0.2) is 13.1 Å². The molecule has 0 saturated carbocycles. The van der Waals surface area contributed by atoms with Crippen molar-refractivity contribution in [2.45, 2.75) is 26.9 Å². The molecule has 3 nitrogen and oxygen atoms in total. The second-order valence-electron chi connectivity index (χ2n) is 4.01. The maximum absolute atomic E-state index is 11.4. The highest BCUT2D eigenvalue weighted by Crippen LogP contribution is 2.21. The smallest absolute Gasteiger partial charge is 0.308 e. The summed E-state index contributed by atoms with van der Waals surface area (Å²) in [6.07, 6.45) is -0.221. The maximum atomic E-state index is 11.4. The third-order valence-electron chi connectivity index (χ3n) is 2.35. The van der Waals surface area contributed by atoms with Gasteiger partial charge in [-0.2, -0.15) is 0 Å². The van der Waals surface area contributed by atoms with Gasteiger partial charge >= 0.3 is 5.97 Å². The monoisotopic (exact) mass is 222 g/mol. The van der Waals surface area contributed by atoms with Crippen LogP contribution < -0.4 is 4.74 Å². The van der Waals surface area contributed by atoms with Crippen molar-refractivity contribution in [1.82, 2.24) is 0 Å². The van der Waals surface area contributed by atoms with E-state index in [4.69, 9.17) is 9.47 Å². The molecule has 0 saturated heterocycles. The van der Waals surface area contributed by atoms with Gasteiger partial charge in [-0.25, -0.2) is 0 Å². The Balaban J connectivity index is 2.65. The quantitative estimate of drug-likeness (QED) is 0.735. The third-order valence-corrected chi connectivity index (χ3v) is 2.35. The normalized spacial score (nSPS) is 12.3. The number of carbonyl (C=O) groups is 1. The van der Waals surface area contributed by atoms with E-state index in [0.717, 1.165) is 11.3 Å². The molecule has 0 aliphatic rings. The van der Waals surface area contributed by atoms with Crippen molar-refractivity contribution in [3.63, 3.8) is 0 Å². The van der Waals surface area contributed by atoms with Gasteiger partial charge in [0, 0.05) is 0 Å². The average molecular weight is 222 g/mol. The number of ether oxygens (including phenoxy) is 2. The van der Waals surface area contributed by atoms with Crippen LogP contribution in [0, 0.1) is 5.92 Å². The summed E-state index contributed by atoms with van der Waals surface area (Å²) in [6.45, 7) is 5.51. The lowest BCUT2D eigenvalue weighted by atomic mass is 10.1. The maximum Gasteiger partial charge on any atom is 0.308 e. The zero-order chi connectivity index (χ0) is 12.1. The third kappa shape index (κ3) is 3.26. The van der Waals surface area contributed by atoms with Gasteiger partial charge in [-0.3, -0.25) is 4.79 Å². The van der Waals surface area contributed by atoms with Crippen LogP contribution in [0.4, 0.5) is 0 Å². The van der Waals surface area contributed by atoms with Gasteiger partial charge in [0.05, 0.1) is 13.0 Å². The summed E-state index contributed by atoms with van der Waals surface area (Å²) in [4.78, 5) is 11.4. The Morgan fingerprint density at radius 3 is 2.12 bits per heavy atom. The number of carbonyl (C=O) groups excluding carboxylic acids is 1. The van der Waals surface area contributed by atoms with Crippen molar-refractivity contribution in [1.29, 1.82) is 0 Å². The van der Waals surface area contributed by atoms with E-state index < -0.39 is 0 Å². The molecule has 3 heteroatoms. The summed E-state index contributed by atoms with van der Waals surface area (Å²) >= 11 is 0. The predicted molar refractivity (Wildman–Crippen MR) is 62.3 cm³/mol. The lowest BCUT2D eigenvalue weighted by Gasteiger charge is -2.15. The summed E-state index contributed by atoms with van der Waals surface area (Å²) in [5.74, 6) is 0.523. The second-order valence-corrected chi connectivity index (χ2v) is 4.01.